The Morgan fingerprint density at radius 2 is 1.84 bits per heavy atom. The third kappa shape index (κ3) is 3.84. The summed E-state index contributed by atoms with van der Waals surface area (Å²) in [5.74, 6) is -0.504. The van der Waals surface area contributed by atoms with Crippen molar-refractivity contribution in [3.05, 3.63) is 51.2 Å². The number of carbonyl (C=O) groups is 1. The number of hydrogen-bond donors (Lipinski definition) is 1. The molecule has 132 valence electrons. The van der Waals surface area contributed by atoms with Gasteiger partial charge in [0, 0.05) is 6.54 Å². The molecule has 2 aromatic rings. The fourth-order valence-corrected chi connectivity index (χ4v) is 4.51. The van der Waals surface area contributed by atoms with Crippen LogP contribution >= 0.6 is 34.8 Å². The van der Waals surface area contributed by atoms with Gasteiger partial charge in [-0.15, -0.1) is 0 Å². The first-order chi connectivity index (χ1) is 11.8. The molecule has 1 fully saturated rings. The van der Waals surface area contributed by atoms with Crippen molar-refractivity contribution < 1.29 is 13.2 Å². The molecular weight excluding hydrogens is 409 g/mol. The summed E-state index contributed by atoms with van der Waals surface area (Å²) in [7, 11) is -3.34. The lowest BCUT2D eigenvalue weighted by atomic mass is 10.2. The summed E-state index contributed by atoms with van der Waals surface area (Å²) in [5, 5.41) is 3.10. The molecule has 3 rings (SSSR count). The van der Waals surface area contributed by atoms with E-state index < -0.39 is 15.9 Å². The number of nitrogens with one attached hydrogen (secondary N) is 1. The Balaban J connectivity index is 1.91. The molecule has 0 radical (unpaired) electrons. The van der Waals surface area contributed by atoms with E-state index in [0.29, 0.717) is 18.7 Å². The van der Waals surface area contributed by atoms with E-state index >= 15 is 0 Å². The number of anilines is 2. The van der Waals surface area contributed by atoms with E-state index in [2.05, 4.69) is 10.3 Å². The zero-order valence-electron chi connectivity index (χ0n) is 12.7. The normalized spacial score (nSPS) is 16.0. The molecule has 1 aromatic heterocycles. The predicted molar refractivity (Wildman–Crippen MR) is 99.4 cm³/mol. The van der Waals surface area contributed by atoms with E-state index in [4.69, 9.17) is 34.8 Å². The first-order valence-corrected chi connectivity index (χ1v) is 9.95. The molecule has 1 amide bonds. The molecule has 1 aromatic carbocycles. The van der Waals surface area contributed by atoms with E-state index in [0.717, 1.165) is 0 Å². The van der Waals surface area contributed by atoms with Gasteiger partial charge in [-0.2, -0.15) is 0 Å². The molecular formula is C15H12Cl3N3O3S. The molecule has 1 aliphatic heterocycles. The molecule has 0 saturated carbocycles. The van der Waals surface area contributed by atoms with Crippen molar-refractivity contribution in [2.75, 3.05) is 21.9 Å². The van der Waals surface area contributed by atoms with Crippen LogP contribution in [0, 0.1) is 0 Å². The SMILES string of the molecule is O=C(Nc1cc(N2CCCS2(=O)=O)ccc1Cl)c1nc(Cl)ccc1Cl. The molecule has 0 atom stereocenters. The molecule has 0 aliphatic carbocycles. The standard InChI is InChI=1S/C15H12Cl3N3O3S/c16-10-3-2-9(21-6-1-7-25(21,23)24)8-12(10)19-15(22)14-11(17)4-5-13(18)20-14/h2-5,8H,1,6-7H2,(H,19,22). The van der Waals surface area contributed by atoms with Gasteiger partial charge in [0.15, 0.2) is 0 Å². The predicted octanol–water partition coefficient (Wildman–Crippen LogP) is 3.83. The Morgan fingerprint density at radius 1 is 1.12 bits per heavy atom. The van der Waals surface area contributed by atoms with Crippen LogP contribution in [0.1, 0.15) is 16.9 Å². The zero-order chi connectivity index (χ0) is 18.2. The molecule has 0 bridgehead atoms. The number of nitrogens with zero attached hydrogens (tertiary/aromatic N) is 2. The first kappa shape index (κ1) is 18.3. The first-order valence-electron chi connectivity index (χ1n) is 7.21. The minimum absolute atomic E-state index is 0.0515. The van der Waals surface area contributed by atoms with Crippen molar-refractivity contribution in [1.82, 2.24) is 4.98 Å². The summed E-state index contributed by atoms with van der Waals surface area (Å²) in [6.07, 6.45) is 0.550. The van der Waals surface area contributed by atoms with Crippen LogP contribution in [-0.4, -0.2) is 31.6 Å². The van der Waals surface area contributed by atoms with Crippen LogP contribution < -0.4 is 9.62 Å². The zero-order valence-corrected chi connectivity index (χ0v) is 15.8. The van der Waals surface area contributed by atoms with Crippen LogP contribution in [0.25, 0.3) is 0 Å². The maximum absolute atomic E-state index is 12.4. The van der Waals surface area contributed by atoms with Crippen LogP contribution in [0.2, 0.25) is 15.2 Å². The lowest BCUT2D eigenvalue weighted by Gasteiger charge is -2.18. The number of benzene rings is 1. The van der Waals surface area contributed by atoms with Gasteiger partial charge in [-0.25, -0.2) is 13.4 Å². The van der Waals surface area contributed by atoms with Gasteiger partial charge < -0.3 is 5.32 Å². The smallest absolute Gasteiger partial charge is 0.275 e. The fourth-order valence-electron chi connectivity index (χ4n) is 2.45. The molecule has 1 N–H and O–H groups in total. The van der Waals surface area contributed by atoms with Crippen LogP contribution in [0.5, 0.6) is 0 Å². The Labute approximate surface area is 159 Å². The van der Waals surface area contributed by atoms with Gasteiger partial charge in [0.2, 0.25) is 10.0 Å². The van der Waals surface area contributed by atoms with Crippen LogP contribution in [0.15, 0.2) is 30.3 Å². The summed E-state index contributed by atoms with van der Waals surface area (Å²) in [6, 6.07) is 7.54. The highest BCUT2D eigenvalue weighted by atomic mass is 35.5. The minimum atomic E-state index is -3.34. The number of carbonyl (C=O) groups excluding carboxylic acids is 1. The maximum Gasteiger partial charge on any atom is 0.275 e. The van der Waals surface area contributed by atoms with Gasteiger partial charge in [0.1, 0.15) is 10.8 Å². The topological polar surface area (TPSA) is 79.4 Å². The molecule has 0 spiro atoms. The molecule has 6 nitrogen and oxygen atoms in total. The van der Waals surface area contributed by atoms with E-state index in [-0.39, 0.29) is 32.3 Å². The number of hydrogen-bond acceptors (Lipinski definition) is 4. The molecule has 1 saturated heterocycles. The highest BCUT2D eigenvalue weighted by molar-refractivity contribution is 7.93. The Hall–Kier alpha value is -1.54. The number of halogens is 3. The number of sulfonamides is 1. The van der Waals surface area contributed by atoms with Crippen LogP contribution in [-0.2, 0) is 10.0 Å². The van der Waals surface area contributed by atoms with Crippen molar-refractivity contribution in [3.8, 4) is 0 Å². The largest absolute Gasteiger partial charge is 0.319 e. The molecule has 2 heterocycles. The summed E-state index contributed by atoms with van der Waals surface area (Å²) in [5.41, 5.74) is 0.635. The van der Waals surface area contributed by atoms with Crippen molar-refractivity contribution in [3.63, 3.8) is 0 Å². The number of rotatable bonds is 3. The molecule has 10 heteroatoms. The Bertz CT molecular complexity index is 950. The highest BCUT2D eigenvalue weighted by Gasteiger charge is 2.29. The van der Waals surface area contributed by atoms with Crippen LogP contribution in [0.3, 0.4) is 0 Å². The average Bonchev–Trinajstić information content (AvgIpc) is 2.91. The van der Waals surface area contributed by atoms with E-state index in [1.165, 1.54) is 28.6 Å². The summed E-state index contributed by atoms with van der Waals surface area (Å²) in [6.45, 7) is 0.388. The van der Waals surface area contributed by atoms with Crippen molar-refractivity contribution in [2.24, 2.45) is 0 Å². The Morgan fingerprint density at radius 3 is 2.52 bits per heavy atom. The van der Waals surface area contributed by atoms with Gasteiger partial charge in [0.25, 0.3) is 5.91 Å². The maximum atomic E-state index is 12.4. The second-order valence-electron chi connectivity index (χ2n) is 5.32. The average molecular weight is 421 g/mol. The number of pyridine rings is 1. The second-order valence-corrected chi connectivity index (χ2v) is 8.54. The van der Waals surface area contributed by atoms with Crippen molar-refractivity contribution >= 4 is 62.1 Å². The monoisotopic (exact) mass is 419 g/mol. The van der Waals surface area contributed by atoms with Crippen molar-refractivity contribution in [2.45, 2.75) is 6.42 Å². The highest BCUT2D eigenvalue weighted by Crippen LogP contribution is 2.31. The third-order valence-electron chi connectivity index (χ3n) is 3.61. The van der Waals surface area contributed by atoms with Crippen molar-refractivity contribution in [1.29, 1.82) is 0 Å². The summed E-state index contributed by atoms with van der Waals surface area (Å²) >= 11 is 17.9. The number of amides is 1. The minimum Gasteiger partial charge on any atom is -0.319 e. The summed E-state index contributed by atoms with van der Waals surface area (Å²) in [4.78, 5) is 16.3. The third-order valence-corrected chi connectivity index (χ3v) is 6.33. The van der Waals surface area contributed by atoms with Gasteiger partial charge in [-0.3, -0.25) is 9.10 Å². The quantitative estimate of drug-likeness (QED) is 0.765. The van der Waals surface area contributed by atoms with Crippen LogP contribution in [0.4, 0.5) is 11.4 Å². The van der Waals surface area contributed by atoms with E-state index in [1.54, 1.807) is 6.07 Å². The van der Waals surface area contributed by atoms with E-state index in [9.17, 15) is 13.2 Å². The Kier molecular flexibility index (Phi) is 5.11. The molecule has 0 unspecified atom stereocenters. The second kappa shape index (κ2) is 6.99. The number of aromatic nitrogens is 1. The fraction of sp³-hybridized carbons (Fsp3) is 0.200. The molecule has 1 aliphatic rings. The van der Waals surface area contributed by atoms with Gasteiger partial charge >= 0.3 is 0 Å². The van der Waals surface area contributed by atoms with Gasteiger partial charge in [0.05, 0.1) is 27.2 Å². The lowest BCUT2D eigenvalue weighted by Crippen LogP contribution is -2.25. The van der Waals surface area contributed by atoms with E-state index in [1.807, 2.05) is 0 Å². The van der Waals surface area contributed by atoms with Gasteiger partial charge in [-0.1, -0.05) is 34.8 Å². The lowest BCUT2D eigenvalue weighted by molar-refractivity contribution is 0.102. The summed E-state index contributed by atoms with van der Waals surface area (Å²) < 4.78 is 25.4. The molecule has 25 heavy (non-hydrogen) atoms. The van der Waals surface area contributed by atoms with Gasteiger partial charge in [-0.05, 0) is 36.8 Å².